The highest BCUT2D eigenvalue weighted by Gasteiger charge is 2.28. The van der Waals surface area contributed by atoms with Crippen LogP contribution < -0.4 is 15.0 Å². The van der Waals surface area contributed by atoms with Gasteiger partial charge in [-0.25, -0.2) is 4.98 Å². The summed E-state index contributed by atoms with van der Waals surface area (Å²) in [6.07, 6.45) is 5.16. The first-order valence-electron chi connectivity index (χ1n) is 7.16. The van der Waals surface area contributed by atoms with Crippen molar-refractivity contribution in [3.05, 3.63) is 11.9 Å². The average Bonchev–Trinajstić information content (AvgIpc) is 3.12. The van der Waals surface area contributed by atoms with E-state index in [1.54, 1.807) is 7.11 Å². The van der Waals surface area contributed by atoms with Gasteiger partial charge in [-0.15, -0.1) is 0 Å². The quantitative estimate of drug-likeness (QED) is 0.872. The fraction of sp³-hybridized carbons (Fsp3) is 0.714. The van der Waals surface area contributed by atoms with Crippen molar-refractivity contribution in [2.75, 3.05) is 25.1 Å². The number of hydrogen-bond acceptors (Lipinski definition) is 5. The lowest BCUT2D eigenvalue weighted by molar-refractivity contribution is 0.395. The molecule has 1 saturated carbocycles. The van der Waals surface area contributed by atoms with E-state index in [2.05, 4.69) is 20.2 Å². The fourth-order valence-corrected chi connectivity index (χ4v) is 2.72. The highest BCUT2D eigenvalue weighted by Crippen LogP contribution is 2.27. The first kappa shape index (κ1) is 12.7. The van der Waals surface area contributed by atoms with Crippen molar-refractivity contribution in [1.82, 2.24) is 15.3 Å². The van der Waals surface area contributed by atoms with Crippen molar-refractivity contribution >= 4 is 5.82 Å². The molecular weight excluding hydrogens is 240 g/mol. The van der Waals surface area contributed by atoms with Crippen LogP contribution in [-0.2, 0) is 0 Å². The second-order valence-corrected chi connectivity index (χ2v) is 5.49. The van der Waals surface area contributed by atoms with E-state index >= 15 is 0 Å². The smallest absolute Gasteiger partial charge is 0.218 e. The molecule has 1 atom stereocenters. The summed E-state index contributed by atoms with van der Waals surface area (Å²) in [6, 6.07) is 3.27. The Morgan fingerprint density at radius 3 is 2.95 bits per heavy atom. The third-order valence-electron chi connectivity index (χ3n) is 3.90. The van der Waals surface area contributed by atoms with Crippen LogP contribution in [0.15, 0.2) is 6.07 Å². The highest BCUT2D eigenvalue weighted by atomic mass is 16.5. The maximum absolute atomic E-state index is 5.25. The van der Waals surface area contributed by atoms with Crippen molar-refractivity contribution < 1.29 is 4.74 Å². The maximum atomic E-state index is 5.25. The van der Waals surface area contributed by atoms with Gasteiger partial charge in [0, 0.05) is 31.2 Å². The molecule has 1 aromatic heterocycles. The zero-order chi connectivity index (χ0) is 13.2. The molecule has 1 aromatic rings. The molecule has 1 aliphatic carbocycles. The summed E-state index contributed by atoms with van der Waals surface area (Å²) in [4.78, 5) is 11.2. The zero-order valence-corrected chi connectivity index (χ0v) is 11.7. The molecule has 2 fully saturated rings. The minimum atomic E-state index is 0.555. The van der Waals surface area contributed by atoms with Crippen LogP contribution >= 0.6 is 0 Å². The van der Waals surface area contributed by atoms with E-state index < -0.39 is 0 Å². The first-order chi connectivity index (χ1) is 9.26. The van der Waals surface area contributed by atoms with Gasteiger partial charge < -0.3 is 15.0 Å². The number of aryl methyl sites for hydroxylation is 1. The van der Waals surface area contributed by atoms with Crippen LogP contribution in [0.2, 0.25) is 0 Å². The van der Waals surface area contributed by atoms with Crippen LogP contribution in [0.25, 0.3) is 0 Å². The van der Waals surface area contributed by atoms with Gasteiger partial charge >= 0.3 is 0 Å². The Morgan fingerprint density at radius 2 is 2.21 bits per heavy atom. The third-order valence-corrected chi connectivity index (χ3v) is 3.90. The first-order valence-corrected chi connectivity index (χ1v) is 7.16. The molecule has 0 bridgehead atoms. The van der Waals surface area contributed by atoms with Gasteiger partial charge in [0.15, 0.2) is 0 Å². The molecule has 3 rings (SSSR count). The number of rotatable bonds is 5. The van der Waals surface area contributed by atoms with Crippen LogP contribution in [-0.4, -0.2) is 42.3 Å². The van der Waals surface area contributed by atoms with Crippen molar-refractivity contribution in [1.29, 1.82) is 0 Å². The third kappa shape index (κ3) is 2.97. The van der Waals surface area contributed by atoms with Crippen LogP contribution in [0, 0.1) is 6.92 Å². The van der Waals surface area contributed by atoms with Gasteiger partial charge in [-0.3, -0.25) is 0 Å². The van der Waals surface area contributed by atoms with Gasteiger partial charge in [0.1, 0.15) is 11.6 Å². The summed E-state index contributed by atoms with van der Waals surface area (Å²) in [7, 11) is 1.65. The largest absolute Gasteiger partial charge is 0.481 e. The molecular formula is C14H22N4O. The van der Waals surface area contributed by atoms with Crippen molar-refractivity contribution in [2.24, 2.45) is 0 Å². The van der Waals surface area contributed by atoms with Gasteiger partial charge in [-0.05, 0) is 32.6 Å². The lowest BCUT2D eigenvalue weighted by Crippen LogP contribution is -2.39. The fourth-order valence-electron chi connectivity index (χ4n) is 2.72. The summed E-state index contributed by atoms with van der Waals surface area (Å²) in [5, 5.41) is 3.63. The second-order valence-electron chi connectivity index (χ2n) is 5.49. The van der Waals surface area contributed by atoms with E-state index in [9.17, 15) is 0 Å². The summed E-state index contributed by atoms with van der Waals surface area (Å²) in [5.74, 6) is 2.43. The summed E-state index contributed by atoms with van der Waals surface area (Å²) in [5.41, 5.74) is 0. The number of hydrogen-bond donors (Lipinski definition) is 1. The molecule has 19 heavy (non-hydrogen) atoms. The molecule has 1 N–H and O–H groups in total. The minimum absolute atomic E-state index is 0.555. The molecule has 1 aliphatic heterocycles. The van der Waals surface area contributed by atoms with E-state index in [4.69, 9.17) is 4.74 Å². The van der Waals surface area contributed by atoms with Gasteiger partial charge in [0.25, 0.3) is 0 Å². The van der Waals surface area contributed by atoms with Crippen molar-refractivity contribution in [3.8, 4) is 5.88 Å². The number of nitrogens with zero attached hydrogens (tertiary/aromatic N) is 3. The lowest BCUT2D eigenvalue weighted by atomic mass is 10.2. The van der Waals surface area contributed by atoms with Gasteiger partial charge in [-0.1, -0.05) is 0 Å². The van der Waals surface area contributed by atoms with Crippen LogP contribution in [0.5, 0.6) is 5.88 Å². The topological polar surface area (TPSA) is 50.3 Å². The number of ether oxygens (including phenoxy) is 1. The van der Waals surface area contributed by atoms with Crippen LogP contribution in [0.1, 0.15) is 31.5 Å². The highest BCUT2D eigenvalue weighted by molar-refractivity contribution is 5.44. The summed E-state index contributed by atoms with van der Waals surface area (Å²) < 4.78 is 5.25. The SMILES string of the molecule is COc1cc(N2CCCC2CNC2CC2)nc(C)n1. The summed E-state index contributed by atoms with van der Waals surface area (Å²) in [6.45, 7) is 4.06. The predicted octanol–water partition coefficient (Wildman–Crippen LogP) is 1.51. The summed E-state index contributed by atoms with van der Waals surface area (Å²) >= 11 is 0. The van der Waals surface area contributed by atoms with Gasteiger partial charge in [-0.2, -0.15) is 4.98 Å². The number of aromatic nitrogens is 2. The monoisotopic (exact) mass is 262 g/mol. The molecule has 104 valence electrons. The van der Waals surface area contributed by atoms with Crippen molar-refractivity contribution in [2.45, 2.75) is 44.7 Å². The maximum Gasteiger partial charge on any atom is 0.218 e. The Kier molecular flexibility index (Phi) is 3.55. The molecule has 2 heterocycles. The number of nitrogens with one attached hydrogen (secondary N) is 1. The number of methoxy groups -OCH3 is 1. The molecule has 1 unspecified atom stereocenters. The Labute approximate surface area is 114 Å². The van der Waals surface area contributed by atoms with E-state index in [0.29, 0.717) is 11.9 Å². The molecule has 5 nitrogen and oxygen atoms in total. The standard InChI is InChI=1S/C14H22N4O/c1-10-16-13(8-14(17-10)19-2)18-7-3-4-12(18)9-15-11-5-6-11/h8,11-12,15H,3-7,9H2,1-2H3. The number of anilines is 1. The molecule has 0 spiro atoms. The predicted molar refractivity (Wildman–Crippen MR) is 74.7 cm³/mol. The van der Waals surface area contributed by atoms with Gasteiger partial charge in [0.05, 0.1) is 7.11 Å². The second kappa shape index (κ2) is 5.33. The zero-order valence-electron chi connectivity index (χ0n) is 11.7. The molecule has 2 aliphatic rings. The van der Waals surface area contributed by atoms with Crippen LogP contribution in [0.3, 0.4) is 0 Å². The van der Waals surface area contributed by atoms with E-state index in [1.165, 1.54) is 25.7 Å². The van der Waals surface area contributed by atoms with E-state index in [0.717, 1.165) is 30.8 Å². The van der Waals surface area contributed by atoms with E-state index in [-0.39, 0.29) is 0 Å². The van der Waals surface area contributed by atoms with Gasteiger partial charge in [0.2, 0.25) is 5.88 Å². The minimum Gasteiger partial charge on any atom is -0.481 e. The molecule has 0 aromatic carbocycles. The van der Waals surface area contributed by atoms with E-state index in [1.807, 2.05) is 13.0 Å². The lowest BCUT2D eigenvalue weighted by Gasteiger charge is -2.26. The average molecular weight is 262 g/mol. The molecule has 1 saturated heterocycles. The van der Waals surface area contributed by atoms with Crippen molar-refractivity contribution in [3.63, 3.8) is 0 Å². The normalized spacial score (nSPS) is 22.8. The molecule has 0 amide bonds. The van der Waals surface area contributed by atoms with Crippen LogP contribution in [0.4, 0.5) is 5.82 Å². The molecule has 5 heteroatoms. The molecule has 0 radical (unpaired) electrons. The Bertz CT molecular complexity index is 447. The Balaban J connectivity index is 1.73. The Hall–Kier alpha value is -1.36. The Morgan fingerprint density at radius 1 is 1.37 bits per heavy atom.